The highest BCUT2D eigenvalue weighted by Crippen LogP contribution is 2.25. The van der Waals surface area contributed by atoms with Gasteiger partial charge >= 0.3 is 0 Å². The molecule has 0 amide bonds. The lowest BCUT2D eigenvalue weighted by Gasteiger charge is -2.08. The summed E-state index contributed by atoms with van der Waals surface area (Å²) in [5, 5.41) is 18.3. The minimum Gasteiger partial charge on any atom is -0.508 e. The van der Waals surface area contributed by atoms with Gasteiger partial charge in [-0.2, -0.15) is 0 Å². The van der Waals surface area contributed by atoms with E-state index in [9.17, 15) is 5.11 Å². The van der Waals surface area contributed by atoms with Gasteiger partial charge in [0.15, 0.2) is 0 Å². The smallest absolute Gasteiger partial charge is 0.119 e. The minimum absolute atomic E-state index is 0.0219. The van der Waals surface area contributed by atoms with Crippen molar-refractivity contribution >= 4 is 0 Å². The second-order valence-electron chi connectivity index (χ2n) is 3.21. The van der Waals surface area contributed by atoms with Gasteiger partial charge in [0, 0.05) is 0 Å². The van der Waals surface area contributed by atoms with Crippen molar-refractivity contribution in [2.45, 2.75) is 26.4 Å². The summed E-state index contributed by atoms with van der Waals surface area (Å²) < 4.78 is 0. The molecule has 12 heavy (non-hydrogen) atoms. The first-order valence-corrected chi connectivity index (χ1v) is 4.07. The first-order valence-electron chi connectivity index (χ1n) is 4.07. The summed E-state index contributed by atoms with van der Waals surface area (Å²) in [6, 6.07) is 5.29. The van der Waals surface area contributed by atoms with Gasteiger partial charge in [0.1, 0.15) is 5.75 Å². The first kappa shape index (κ1) is 9.07. The molecule has 0 aliphatic heterocycles. The molecule has 2 nitrogen and oxygen atoms in total. The molecule has 66 valence electrons. The highest BCUT2D eigenvalue weighted by atomic mass is 16.3. The number of phenolic OH excluding ortho intramolecular Hbond substituents is 1. The van der Waals surface area contributed by atoms with Gasteiger partial charge in [-0.3, -0.25) is 0 Å². The van der Waals surface area contributed by atoms with Crippen molar-refractivity contribution in [2.75, 3.05) is 0 Å². The second-order valence-corrected chi connectivity index (χ2v) is 3.21. The van der Waals surface area contributed by atoms with E-state index < -0.39 is 0 Å². The quantitative estimate of drug-likeness (QED) is 0.705. The molecule has 2 heteroatoms. The van der Waals surface area contributed by atoms with Crippen molar-refractivity contribution in [3.63, 3.8) is 0 Å². The van der Waals surface area contributed by atoms with Crippen LogP contribution in [0.5, 0.6) is 5.75 Å². The summed E-state index contributed by atoms with van der Waals surface area (Å²) in [4.78, 5) is 0. The van der Waals surface area contributed by atoms with Crippen molar-refractivity contribution in [3.8, 4) is 5.75 Å². The zero-order valence-electron chi connectivity index (χ0n) is 7.41. The van der Waals surface area contributed by atoms with Gasteiger partial charge in [-0.15, -0.1) is 0 Å². The number of rotatable bonds is 2. The maximum atomic E-state index is 9.48. The Morgan fingerprint density at radius 3 is 2.42 bits per heavy atom. The highest BCUT2D eigenvalue weighted by molar-refractivity contribution is 5.37. The molecule has 1 rings (SSSR count). The third-order valence-corrected chi connectivity index (χ3v) is 1.90. The Morgan fingerprint density at radius 1 is 1.33 bits per heavy atom. The van der Waals surface area contributed by atoms with Gasteiger partial charge in [-0.25, -0.2) is 0 Å². The van der Waals surface area contributed by atoms with Gasteiger partial charge in [-0.1, -0.05) is 26.0 Å². The number of aliphatic hydroxyl groups is 1. The Morgan fingerprint density at radius 2 is 2.00 bits per heavy atom. The molecule has 0 fully saturated rings. The third kappa shape index (κ3) is 1.77. The molecule has 1 aromatic carbocycles. The molecular formula is C10H14O2. The van der Waals surface area contributed by atoms with E-state index in [1.807, 2.05) is 26.0 Å². The standard InChI is InChI=1S/C10H14O2/c1-7(2)9-4-3-8(6-11)5-10(9)12/h3-5,7,11-12H,6H2,1-2H3. The number of aliphatic hydroxyl groups excluding tert-OH is 1. The molecule has 0 spiro atoms. The first-order chi connectivity index (χ1) is 5.65. The van der Waals surface area contributed by atoms with Crippen LogP contribution in [0, 0.1) is 0 Å². The van der Waals surface area contributed by atoms with Crippen LogP contribution in [0.25, 0.3) is 0 Å². The second kappa shape index (κ2) is 3.59. The predicted molar refractivity (Wildman–Crippen MR) is 48.1 cm³/mol. The van der Waals surface area contributed by atoms with Crippen molar-refractivity contribution in [1.82, 2.24) is 0 Å². The topological polar surface area (TPSA) is 40.5 Å². The molecule has 0 saturated heterocycles. The van der Waals surface area contributed by atoms with Crippen LogP contribution in [0.3, 0.4) is 0 Å². The fourth-order valence-electron chi connectivity index (χ4n) is 1.18. The number of aromatic hydroxyl groups is 1. The van der Waals surface area contributed by atoms with E-state index in [1.54, 1.807) is 6.07 Å². The molecule has 0 unspecified atom stereocenters. The Hall–Kier alpha value is -1.02. The third-order valence-electron chi connectivity index (χ3n) is 1.90. The average Bonchev–Trinajstić information content (AvgIpc) is 2.03. The average molecular weight is 166 g/mol. The minimum atomic E-state index is -0.0219. The van der Waals surface area contributed by atoms with Crippen molar-refractivity contribution in [2.24, 2.45) is 0 Å². The molecule has 2 N–H and O–H groups in total. The molecule has 0 heterocycles. The lowest BCUT2D eigenvalue weighted by atomic mass is 10.0. The van der Waals surface area contributed by atoms with Crippen LogP contribution in [0.1, 0.15) is 30.9 Å². The maximum absolute atomic E-state index is 9.48. The molecule has 0 aromatic heterocycles. The van der Waals surface area contributed by atoms with Crippen molar-refractivity contribution in [1.29, 1.82) is 0 Å². The predicted octanol–water partition coefficient (Wildman–Crippen LogP) is 2.01. The summed E-state index contributed by atoms with van der Waals surface area (Å²) >= 11 is 0. The zero-order chi connectivity index (χ0) is 9.14. The molecule has 0 bridgehead atoms. The zero-order valence-corrected chi connectivity index (χ0v) is 7.41. The van der Waals surface area contributed by atoms with Crippen LogP contribution >= 0.6 is 0 Å². The number of hydrogen-bond acceptors (Lipinski definition) is 2. The molecule has 0 aliphatic rings. The van der Waals surface area contributed by atoms with Crippen LogP contribution in [0.4, 0.5) is 0 Å². The van der Waals surface area contributed by atoms with Crippen molar-refractivity contribution < 1.29 is 10.2 Å². The molecule has 0 saturated carbocycles. The Labute approximate surface area is 72.5 Å². The van der Waals surface area contributed by atoms with E-state index in [0.717, 1.165) is 11.1 Å². The van der Waals surface area contributed by atoms with E-state index in [4.69, 9.17) is 5.11 Å². The summed E-state index contributed by atoms with van der Waals surface area (Å²) in [6.45, 7) is 4.02. The highest BCUT2D eigenvalue weighted by Gasteiger charge is 2.05. The van der Waals surface area contributed by atoms with Gasteiger partial charge in [0.25, 0.3) is 0 Å². The van der Waals surface area contributed by atoms with Crippen molar-refractivity contribution in [3.05, 3.63) is 29.3 Å². The van der Waals surface area contributed by atoms with Gasteiger partial charge in [0.05, 0.1) is 6.61 Å². The lowest BCUT2D eigenvalue weighted by Crippen LogP contribution is -1.90. The summed E-state index contributed by atoms with van der Waals surface area (Å²) in [5.74, 6) is 0.592. The van der Waals surface area contributed by atoms with Gasteiger partial charge < -0.3 is 10.2 Å². The van der Waals surface area contributed by atoms with Crippen LogP contribution in [0.15, 0.2) is 18.2 Å². The fourth-order valence-corrected chi connectivity index (χ4v) is 1.18. The van der Waals surface area contributed by atoms with E-state index in [2.05, 4.69) is 0 Å². The molecular weight excluding hydrogens is 152 g/mol. The lowest BCUT2D eigenvalue weighted by molar-refractivity contribution is 0.281. The van der Waals surface area contributed by atoms with Gasteiger partial charge in [0.2, 0.25) is 0 Å². The SMILES string of the molecule is CC(C)c1ccc(CO)cc1O. The van der Waals surface area contributed by atoms with E-state index >= 15 is 0 Å². The summed E-state index contributed by atoms with van der Waals surface area (Å²) in [7, 11) is 0. The Bertz CT molecular complexity index is 267. The summed E-state index contributed by atoms with van der Waals surface area (Å²) in [5.41, 5.74) is 1.67. The normalized spacial score (nSPS) is 10.7. The molecule has 1 aromatic rings. The van der Waals surface area contributed by atoms with Crippen LogP contribution in [0.2, 0.25) is 0 Å². The Kier molecular flexibility index (Phi) is 2.71. The summed E-state index contributed by atoms with van der Waals surface area (Å²) in [6.07, 6.45) is 0. The number of phenols is 1. The number of hydrogen-bond donors (Lipinski definition) is 2. The van der Waals surface area contributed by atoms with Crippen LogP contribution in [-0.2, 0) is 6.61 Å². The Balaban J connectivity index is 3.03. The maximum Gasteiger partial charge on any atom is 0.119 e. The largest absolute Gasteiger partial charge is 0.508 e. The molecule has 0 atom stereocenters. The van der Waals surface area contributed by atoms with Gasteiger partial charge in [-0.05, 0) is 23.1 Å². The number of benzene rings is 1. The monoisotopic (exact) mass is 166 g/mol. The molecule has 0 radical (unpaired) electrons. The van der Waals surface area contributed by atoms with Crippen LogP contribution < -0.4 is 0 Å². The van der Waals surface area contributed by atoms with Crippen LogP contribution in [-0.4, -0.2) is 10.2 Å². The van der Waals surface area contributed by atoms with E-state index in [-0.39, 0.29) is 12.4 Å². The van der Waals surface area contributed by atoms with E-state index in [0.29, 0.717) is 5.92 Å². The fraction of sp³-hybridized carbons (Fsp3) is 0.400. The molecule has 0 aliphatic carbocycles. The van der Waals surface area contributed by atoms with E-state index in [1.165, 1.54) is 0 Å².